The Morgan fingerprint density at radius 2 is 2.04 bits per heavy atom. The molecule has 2 N–H and O–H groups in total. The van der Waals surface area contributed by atoms with Crippen LogP contribution in [-0.4, -0.2) is 15.9 Å². The number of aromatic nitrogens is 2. The van der Waals surface area contributed by atoms with Crippen LogP contribution in [-0.2, 0) is 6.61 Å². The van der Waals surface area contributed by atoms with E-state index in [9.17, 15) is 4.39 Å². The zero-order chi connectivity index (χ0) is 17.8. The van der Waals surface area contributed by atoms with Gasteiger partial charge in [-0.2, -0.15) is 5.10 Å². The van der Waals surface area contributed by atoms with Gasteiger partial charge in [0.1, 0.15) is 18.2 Å². The molecule has 2 aromatic carbocycles. The molecule has 0 saturated carbocycles. The molecule has 0 saturated heterocycles. The van der Waals surface area contributed by atoms with Gasteiger partial charge in [-0.15, -0.1) is 0 Å². The van der Waals surface area contributed by atoms with E-state index in [2.05, 4.69) is 26.0 Å². The topological polar surface area (TPSA) is 65.4 Å². The van der Waals surface area contributed by atoms with Gasteiger partial charge in [0.2, 0.25) is 5.95 Å². The smallest absolute Gasteiger partial charge is 0.221 e. The zero-order valence-corrected chi connectivity index (χ0v) is 15.1. The van der Waals surface area contributed by atoms with Crippen molar-refractivity contribution in [3.8, 4) is 5.75 Å². The lowest BCUT2D eigenvalue weighted by Gasteiger charge is -2.10. The Bertz CT molecular complexity index is 906. The average Bonchev–Trinajstić information content (AvgIpc) is 2.91. The van der Waals surface area contributed by atoms with E-state index in [0.29, 0.717) is 18.3 Å². The number of nitrogens with zero attached hydrogens (tertiary/aromatic N) is 3. The minimum Gasteiger partial charge on any atom is -0.488 e. The molecule has 5 nitrogen and oxygen atoms in total. The second kappa shape index (κ2) is 7.48. The van der Waals surface area contributed by atoms with Gasteiger partial charge in [-0.3, -0.25) is 0 Å². The van der Waals surface area contributed by atoms with Crippen LogP contribution in [0, 0.1) is 12.7 Å². The SMILES string of the molecule is Cc1cn(N=Cc2cc(Br)ccc2OCc2ccc(F)cc2)c(N)n1. The van der Waals surface area contributed by atoms with Crippen LogP contribution in [0.5, 0.6) is 5.75 Å². The van der Waals surface area contributed by atoms with Crippen LogP contribution in [0.1, 0.15) is 16.8 Å². The van der Waals surface area contributed by atoms with Crippen molar-refractivity contribution in [2.45, 2.75) is 13.5 Å². The summed E-state index contributed by atoms with van der Waals surface area (Å²) in [5, 5.41) is 4.32. The maximum Gasteiger partial charge on any atom is 0.221 e. The number of nitrogen functional groups attached to an aromatic ring is 1. The number of ether oxygens (including phenoxy) is 1. The number of nitrogens with two attached hydrogens (primary N) is 1. The normalized spacial score (nSPS) is 11.2. The van der Waals surface area contributed by atoms with Crippen LogP contribution < -0.4 is 10.5 Å². The van der Waals surface area contributed by atoms with Gasteiger partial charge in [0, 0.05) is 10.0 Å². The van der Waals surface area contributed by atoms with E-state index in [-0.39, 0.29) is 5.82 Å². The summed E-state index contributed by atoms with van der Waals surface area (Å²) in [6, 6.07) is 11.8. The van der Waals surface area contributed by atoms with E-state index < -0.39 is 0 Å². The van der Waals surface area contributed by atoms with Gasteiger partial charge in [-0.1, -0.05) is 28.1 Å². The number of aryl methyl sites for hydroxylation is 1. The summed E-state index contributed by atoms with van der Waals surface area (Å²) in [5.74, 6) is 0.706. The summed E-state index contributed by atoms with van der Waals surface area (Å²) in [4.78, 5) is 4.10. The first-order valence-corrected chi connectivity index (χ1v) is 8.33. The first-order chi connectivity index (χ1) is 12.0. The molecule has 25 heavy (non-hydrogen) atoms. The summed E-state index contributed by atoms with van der Waals surface area (Å²) in [5.41, 5.74) is 8.23. The lowest BCUT2D eigenvalue weighted by atomic mass is 10.2. The highest BCUT2D eigenvalue weighted by molar-refractivity contribution is 9.10. The molecule has 3 aromatic rings. The van der Waals surface area contributed by atoms with E-state index in [1.165, 1.54) is 16.8 Å². The molecule has 0 spiro atoms. The van der Waals surface area contributed by atoms with Gasteiger partial charge in [0.15, 0.2) is 0 Å². The first-order valence-electron chi connectivity index (χ1n) is 7.54. The van der Waals surface area contributed by atoms with Crippen molar-refractivity contribution in [2.24, 2.45) is 5.10 Å². The first kappa shape index (κ1) is 17.2. The van der Waals surface area contributed by atoms with Crippen molar-refractivity contribution in [2.75, 3.05) is 5.73 Å². The van der Waals surface area contributed by atoms with Crippen molar-refractivity contribution < 1.29 is 9.13 Å². The van der Waals surface area contributed by atoms with E-state index in [0.717, 1.165) is 21.3 Å². The number of hydrogen-bond donors (Lipinski definition) is 1. The Kier molecular flexibility index (Phi) is 5.14. The molecule has 0 aliphatic rings. The van der Waals surface area contributed by atoms with E-state index in [1.54, 1.807) is 24.5 Å². The Hall–Kier alpha value is -2.67. The van der Waals surface area contributed by atoms with Crippen molar-refractivity contribution in [1.29, 1.82) is 0 Å². The van der Waals surface area contributed by atoms with Gasteiger partial charge in [0.25, 0.3) is 0 Å². The fourth-order valence-corrected chi connectivity index (χ4v) is 2.59. The van der Waals surface area contributed by atoms with Crippen LogP contribution in [0.25, 0.3) is 0 Å². The maximum atomic E-state index is 13.0. The number of imidazole rings is 1. The average molecular weight is 403 g/mol. The Morgan fingerprint density at radius 1 is 1.28 bits per heavy atom. The number of benzene rings is 2. The number of hydrogen-bond acceptors (Lipinski definition) is 4. The molecule has 0 fully saturated rings. The van der Waals surface area contributed by atoms with Gasteiger partial charge >= 0.3 is 0 Å². The molecule has 1 heterocycles. The van der Waals surface area contributed by atoms with Crippen molar-refractivity contribution >= 4 is 28.1 Å². The molecule has 3 rings (SSSR count). The van der Waals surface area contributed by atoms with Crippen molar-refractivity contribution in [3.05, 3.63) is 75.8 Å². The number of rotatable bonds is 5. The summed E-state index contributed by atoms with van der Waals surface area (Å²) in [6.07, 6.45) is 3.39. The quantitative estimate of drug-likeness (QED) is 0.652. The predicted molar refractivity (Wildman–Crippen MR) is 99.2 cm³/mol. The van der Waals surface area contributed by atoms with Gasteiger partial charge in [-0.25, -0.2) is 14.1 Å². The largest absolute Gasteiger partial charge is 0.488 e. The van der Waals surface area contributed by atoms with E-state index in [4.69, 9.17) is 10.5 Å². The summed E-state index contributed by atoms with van der Waals surface area (Å²) >= 11 is 3.44. The van der Waals surface area contributed by atoms with Gasteiger partial charge < -0.3 is 10.5 Å². The van der Waals surface area contributed by atoms with Crippen LogP contribution in [0.3, 0.4) is 0 Å². The molecular formula is C18H16BrFN4O. The maximum absolute atomic E-state index is 13.0. The molecule has 0 radical (unpaired) electrons. The van der Waals surface area contributed by atoms with Crippen LogP contribution in [0.2, 0.25) is 0 Å². The molecule has 0 unspecified atom stereocenters. The Balaban J connectivity index is 1.80. The monoisotopic (exact) mass is 402 g/mol. The summed E-state index contributed by atoms with van der Waals surface area (Å²) in [7, 11) is 0. The zero-order valence-electron chi connectivity index (χ0n) is 13.5. The minimum atomic E-state index is -0.270. The third-order valence-electron chi connectivity index (χ3n) is 3.44. The highest BCUT2D eigenvalue weighted by atomic mass is 79.9. The molecule has 0 bridgehead atoms. The standard InChI is InChI=1S/C18H16BrFN4O/c1-12-10-24(18(21)23-12)22-9-14-8-15(19)4-7-17(14)25-11-13-2-5-16(20)6-3-13/h2-10H,11H2,1H3,(H2,21,23). The van der Waals surface area contributed by atoms with Crippen LogP contribution >= 0.6 is 15.9 Å². The van der Waals surface area contributed by atoms with Crippen LogP contribution in [0.4, 0.5) is 10.3 Å². The molecule has 128 valence electrons. The van der Waals surface area contributed by atoms with Gasteiger partial charge in [-0.05, 0) is 42.8 Å². The number of anilines is 1. The minimum absolute atomic E-state index is 0.270. The second-order valence-electron chi connectivity index (χ2n) is 5.43. The molecule has 0 aliphatic heterocycles. The highest BCUT2D eigenvalue weighted by Gasteiger charge is 2.05. The fourth-order valence-electron chi connectivity index (χ4n) is 2.21. The third-order valence-corrected chi connectivity index (χ3v) is 3.93. The van der Waals surface area contributed by atoms with Crippen LogP contribution in [0.15, 0.2) is 58.2 Å². The molecule has 0 atom stereocenters. The summed E-state index contributed by atoms with van der Waals surface area (Å²) in [6.45, 7) is 2.17. The lowest BCUT2D eigenvalue weighted by molar-refractivity contribution is 0.305. The molecule has 0 amide bonds. The fraction of sp³-hybridized carbons (Fsp3) is 0.111. The molecule has 7 heteroatoms. The van der Waals surface area contributed by atoms with Crippen molar-refractivity contribution in [1.82, 2.24) is 9.66 Å². The lowest BCUT2D eigenvalue weighted by Crippen LogP contribution is -2.00. The van der Waals surface area contributed by atoms with E-state index in [1.807, 2.05) is 25.1 Å². The predicted octanol–water partition coefficient (Wildman–Crippen LogP) is 4.14. The number of halogens is 2. The Labute approximate surface area is 153 Å². The van der Waals surface area contributed by atoms with Crippen molar-refractivity contribution in [3.63, 3.8) is 0 Å². The van der Waals surface area contributed by atoms with E-state index >= 15 is 0 Å². The van der Waals surface area contributed by atoms with Gasteiger partial charge in [0.05, 0.1) is 18.1 Å². The molecule has 1 aromatic heterocycles. The second-order valence-corrected chi connectivity index (χ2v) is 6.34. The molecule has 0 aliphatic carbocycles. The third kappa shape index (κ3) is 4.45. The Morgan fingerprint density at radius 3 is 2.72 bits per heavy atom. The highest BCUT2D eigenvalue weighted by Crippen LogP contribution is 2.23. The summed E-state index contributed by atoms with van der Waals surface area (Å²) < 4.78 is 21.2. The molecular weight excluding hydrogens is 387 g/mol.